The number of para-hydroxylation sites is 1. The molecule has 0 aliphatic heterocycles. The number of carbonyl (C=O) groups excluding carboxylic acids is 1. The van der Waals surface area contributed by atoms with E-state index in [1.165, 1.54) is 11.8 Å². The van der Waals surface area contributed by atoms with Gasteiger partial charge in [0.15, 0.2) is 5.16 Å². The highest BCUT2D eigenvalue weighted by atomic mass is 35.5. The molecule has 3 rings (SSSR count). The Morgan fingerprint density at radius 2 is 1.81 bits per heavy atom. The topological polar surface area (TPSA) is 55.2 Å². The number of rotatable bonds is 9. The predicted octanol–water partition coefficient (Wildman–Crippen LogP) is 5.82. The predicted molar refractivity (Wildman–Crippen MR) is 130 cm³/mol. The van der Waals surface area contributed by atoms with Gasteiger partial charge in [0.2, 0.25) is 5.91 Å². The second-order valence-electron chi connectivity index (χ2n) is 7.02. The summed E-state index contributed by atoms with van der Waals surface area (Å²) >= 11 is 13.8. The van der Waals surface area contributed by atoms with Gasteiger partial charge in [-0.3, -0.25) is 14.2 Å². The van der Waals surface area contributed by atoms with E-state index in [0.29, 0.717) is 38.2 Å². The highest BCUT2D eigenvalue weighted by Crippen LogP contribution is 2.27. The van der Waals surface area contributed by atoms with Crippen molar-refractivity contribution >= 4 is 51.8 Å². The Labute approximate surface area is 196 Å². The highest BCUT2D eigenvalue weighted by Gasteiger charge is 2.15. The Hall–Kier alpha value is -2.02. The number of halogens is 2. The fourth-order valence-corrected chi connectivity index (χ4v) is 4.64. The lowest BCUT2D eigenvalue weighted by Crippen LogP contribution is -2.30. The lowest BCUT2D eigenvalue weighted by Gasteiger charge is -2.18. The molecule has 0 radical (unpaired) electrons. The van der Waals surface area contributed by atoms with Crippen molar-refractivity contribution in [2.24, 2.45) is 0 Å². The van der Waals surface area contributed by atoms with Crippen LogP contribution < -0.4 is 5.56 Å². The number of fused-ring (bicyclic) bond motifs is 1. The average Bonchev–Trinajstić information content (AvgIpc) is 2.76. The molecule has 0 bridgehead atoms. The minimum Gasteiger partial charge on any atom is -0.343 e. The molecule has 0 atom stereocenters. The van der Waals surface area contributed by atoms with Crippen molar-refractivity contribution < 1.29 is 4.79 Å². The second-order valence-corrected chi connectivity index (χ2v) is 8.90. The van der Waals surface area contributed by atoms with Gasteiger partial charge >= 0.3 is 0 Å². The van der Waals surface area contributed by atoms with Gasteiger partial charge in [-0.15, -0.1) is 0 Å². The standard InChI is InChI=1S/C23H25Cl2N3O2S/c1-3-27(4-2)21(29)11-7-8-14-31-23-26-20-10-6-5-9-17(20)22(30)28(23)16-12-13-18(24)19(25)15-16/h5-6,9-10,12-13,15H,3-4,7-8,11,14H2,1-2H3. The Morgan fingerprint density at radius 3 is 2.52 bits per heavy atom. The van der Waals surface area contributed by atoms with Crippen molar-refractivity contribution in [2.75, 3.05) is 18.8 Å². The van der Waals surface area contributed by atoms with Gasteiger partial charge in [-0.2, -0.15) is 0 Å². The van der Waals surface area contributed by atoms with Crippen LogP contribution in [-0.4, -0.2) is 39.2 Å². The van der Waals surface area contributed by atoms with Crippen molar-refractivity contribution in [3.05, 3.63) is 62.9 Å². The summed E-state index contributed by atoms with van der Waals surface area (Å²) in [4.78, 5) is 32.0. The van der Waals surface area contributed by atoms with Crippen LogP contribution in [-0.2, 0) is 4.79 Å². The second kappa shape index (κ2) is 11.0. The zero-order valence-corrected chi connectivity index (χ0v) is 19.9. The maximum absolute atomic E-state index is 13.2. The van der Waals surface area contributed by atoms with E-state index in [-0.39, 0.29) is 11.5 Å². The molecule has 0 unspecified atom stereocenters. The first-order valence-electron chi connectivity index (χ1n) is 10.3. The number of thioether (sulfide) groups is 1. The van der Waals surface area contributed by atoms with Gasteiger partial charge in [0.05, 0.1) is 26.6 Å². The van der Waals surface area contributed by atoms with Crippen molar-refractivity contribution in [1.82, 2.24) is 14.5 Å². The van der Waals surface area contributed by atoms with Gasteiger partial charge in [-0.1, -0.05) is 47.1 Å². The van der Waals surface area contributed by atoms with Gasteiger partial charge in [-0.25, -0.2) is 4.98 Å². The fraction of sp³-hybridized carbons (Fsp3) is 0.348. The molecule has 0 aliphatic carbocycles. The van der Waals surface area contributed by atoms with Crippen LogP contribution in [0, 0.1) is 0 Å². The number of carbonyl (C=O) groups is 1. The zero-order chi connectivity index (χ0) is 22.4. The molecule has 1 amide bonds. The molecule has 8 heteroatoms. The third-order valence-electron chi connectivity index (χ3n) is 5.04. The minimum absolute atomic E-state index is 0.150. The molecule has 2 aromatic carbocycles. The molecule has 0 aliphatic rings. The molecule has 5 nitrogen and oxygen atoms in total. The molecule has 31 heavy (non-hydrogen) atoms. The van der Waals surface area contributed by atoms with Crippen molar-refractivity contribution in [1.29, 1.82) is 0 Å². The number of aromatic nitrogens is 2. The molecule has 0 saturated heterocycles. The number of hydrogen-bond acceptors (Lipinski definition) is 4. The summed E-state index contributed by atoms with van der Waals surface area (Å²) < 4.78 is 1.58. The highest BCUT2D eigenvalue weighted by molar-refractivity contribution is 7.99. The van der Waals surface area contributed by atoms with Gasteiger partial charge in [0.1, 0.15) is 0 Å². The van der Waals surface area contributed by atoms with E-state index in [2.05, 4.69) is 0 Å². The van der Waals surface area contributed by atoms with Crippen LogP contribution in [0.15, 0.2) is 52.4 Å². The molecule has 1 aromatic heterocycles. The summed E-state index contributed by atoms with van der Waals surface area (Å²) in [7, 11) is 0. The van der Waals surface area contributed by atoms with Crippen LogP contribution in [0.1, 0.15) is 33.1 Å². The van der Waals surface area contributed by atoms with Gasteiger partial charge in [0.25, 0.3) is 5.56 Å². The SMILES string of the molecule is CCN(CC)C(=O)CCCCSc1nc2ccccc2c(=O)n1-c1ccc(Cl)c(Cl)c1. The average molecular weight is 478 g/mol. The smallest absolute Gasteiger partial charge is 0.266 e. The monoisotopic (exact) mass is 477 g/mol. The number of hydrogen-bond donors (Lipinski definition) is 0. The van der Waals surface area contributed by atoms with Crippen LogP contribution in [0.2, 0.25) is 10.0 Å². The van der Waals surface area contributed by atoms with Gasteiger partial charge < -0.3 is 4.90 Å². The Balaban J connectivity index is 1.81. The molecule has 0 N–H and O–H groups in total. The Kier molecular flexibility index (Phi) is 8.41. The van der Waals surface area contributed by atoms with Crippen LogP contribution in [0.4, 0.5) is 0 Å². The van der Waals surface area contributed by atoms with Crippen LogP contribution in [0.25, 0.3) is 16.6 Å². The summed E-state index contributed by atoms with van der Waals surface area (Å²) in [6, 6.07) is 12.4. The van der Waals surface area contributed by atoms with Crippen molar-refractivity contribution in [3.63, 3.8) is 0 Å². The number of benzene rings is 2. The zero-order valence-electron chi connectivity index (χ0n) is 17.6. The molecule has 164 valence electrons. The Bertz CT molecular complexity index is 1130. The molecular weight excluding hydrogens is 453 g/mol. The summed E-state index contributed by atoms with van der Waals surface area (Å²) in [5.74, 6) is 0.934. The first-order chi connectivity index (χ1) is 15.0. The largest absolute Gasteiger partial charge is 0.343 e. The van der Waals surface area contributed by atoms with Gasteiger partial charge in [0, 0.05) is 25.3 Å². The summed E-state index contributed by atoms with van der Waals surface area (Å²) in [5, 5.41) is 1.95. The van der Waals surface area contributed by atoms with E-state index >= 15 is 0 Å². The van der Waals surface area contributed by atoms with E-state index in [9.17, 15) is 9.59 Å². The maximum Gasteiger partial charge on any atom is 0.266 e. The first kappa shape index (κ1) is 23.6. The lowest BCUT2D eigenvalue weighted by atomic mass is 10.2. The molecule has 0 fully saturated rings. The molecule has 3 aromatic rings. The van der Waals surface area contributed by atoms with Crippen LogP contribution in [0.3, 0.4) is 0 Å². The van der Waals surface area contributed by atoms with Crippen molar-refractivity contribution in [3.8, 4) is 5.69 Å². The molecular formula is C23H25Cl2N3O2S. The molecule has 0 spiro atoms. The fourth-order valence-electron chi connectivity index (χ4n) is 3.34. The summed E-state index contributed by atoms with van der Waals surface area (Å²) in [6.45, 7) is 5.46. The van der Waals surface area contributed by atoms with Crippen LogP contribution >= 0.6 is 35.0 Å². The number of nitrogens with zero attached hydrogens (tertiary/aromatic N) is 3. The number of unbranched alkanes of at least 4 members (excludes halogenated alkanes) is 1. The third-order valence-corrected chi connectivity index (χ3v) is 6.80. The first-order valence-corrected chi connectivity index (χ1v) is 12.1. The Morgan fingerprint density at radius 1 is 1.06 bits per heavy atom. The van der Waals surface area contributed by atoms with E-state index in [1.807, 2.05) is 36.9 Å². The quantitative estimate of drug-likeness (QED) is 0.221. The lowest BCUT2D eigenvalue weighted by molar-refractivity contribution is -0.130. The van der Waals surface area contributed by atoms with Crippen LogP contribution in [0.5, 0.6) is 0 Å². The maximum atomic E-state index is 13.2. The van der Waals surface area contributed by atoms with E-state index in [4.69, 9.17) is 28.2 Å². The van der Waals surface area contributed by atoms with E-state index in [1.54, 1.807) is 28.8 Å². The van der Waals surface area contributed by atoms with E-state index < -0.39 is 0 Å². The summed E-state index contributed by atoms with van der Waals surface area (Å²) in [5.41, 5.74) is 1.13. The third kappa shape index (κ3) is 5.62. The number of amides is 1. The summed E-state index contributed by atoms with van der Waals surface area (Å²) in [6.07, 6.45) is 2.18. The van der Waals surface area contributed by atoms with Crippen molar-refractivity contribution in [2.45, 2.75) is 38.3 Å². The molecule has 0 saturated carbocycles. The normalized spacial score (nSPS) is 11.1. The minimum atomic E-state index is -0.150. The van der Waals surface area contributed by atoms with E-state index in [0.717, 1.165) is 31.7 Å². The van der Waals surface area contributed by atoms with Gasteiger partial charge in [-0.05, 0) is 57.0 Å². The molecule has 1 heterocycles.